The molecule has 2 heterocycles. The molecule has 0 aromatic heterocycles. The monoisotopic (exact) mass is 343 g/mol. The van der Waals surface area contributed by atoms with E-state index in [1.807, 2.05) is 25.1 Å². The molecule has 1 amide bonds. The van der Waals surface area contributed by atoms with Gasteiger partial charge < -0.3 is 10.6 Å². The fourth-order valence-corrected chi connectivity index (χ4v) is 3.65. The fourth-order valence-electron chi connectivity index (χ4n) is 3.37. The molecule has 2 N–H and O–H groups in total. The lowest BCUT2D eigenvalue weighted by molar-refractivity contribution is -0.117. The average molecular weight is 344 g/mol. The Balaban J connectivity index is 0.00000176. The largest absolute Gasteiger partial charge is 0.324 e. The molecule has 0 spiro atoms. The number of rotatable bonds is 3. The van der Waals surface area contributed by atoms with Crippen molar-refractivity contribution in [2.24, 2.45) is 11.8 Å². The number of halogens is 2. The van der Waals surface area contributed by atoms with E-state index in [2.05, 4.69) is 15.5 Å². The summed E-state index contributed by atoms with van der Waals surface area (Å²) in [7, 11) is 0. The second kappa shape index (κ2) is 7.64. The average Bonchev–Trinajstić information content (AvgIpc) is 2.89. The van der Waals surface area contributed by atoms with E-state index in [9.17, 15) is 4.79 Å². The molecule has 3 rings (SSSR count). The first-order valence-corrected chi connectivity index (χ1v) is 7.98. The second-order valence-electron chi connectivity index (χ2n) is 6.23. The number of amides is 1. The highest BCUT2D eigenvalue weighted by Crippen LogP contribution is 2.26. The van der Waals surface area contributed by atoms with Gasteiger partial charge in [-0.25, -0.2) is 0 Å². The Bertz CT molecular complexity index is 538. The minimum atomic E-state index is 0. The predicted molar refractivity (Wildman–Crippen MR) is 93.0 cm³/mol. The van der Waals surface area contributed by atoms with E-state index in [1.165, 1.54) is 6.42 Å². The summed E-state index contributed by atoms with van der Waals surface area (Å²) in [5.74, 6) is 1.52. The number of nitrogens with zero attached hydrogens (tertiary/aromatic N) is 1. The number of fused-ring (bicyclic) bond motifs is 1. The van der Waals surface area contributed by atoms with Gasteiger partial charge in [-0.3, -0.25) is 9.69 Å². The topological polar surface area (TPSA) is 44.4 Å². The van der Waals surface area contributed by atoms with Crippen molar-refractivity contribution in [3.05, 3.63) is 28.8 Å². The number of carbonyl (C=O) groups is 1. The third-order valence-corrected chi connectivity index (χ3v) is 4.87. The van der Waals surface area contributed by atoms with Gasteiger partial charge in [0.05, 0.1) is 17.3 Å². The predicted octanol–water partition coefficient (Wildman–Crippen LogP) is 2.55. The molecule has 2 aliphatic rings. The number of aryl methyl sites for hydroxylation is 1. The van der Waals surface area contributed by atoms with Crippen LogP contribution in [0.3, 0.4) is 0 Å². The number of hydrogen-bond acceptors (Lipinski definition) is 3. The Kier molecular flexibility index (Phi) is 6.09. The van der Waals surface area contributed by atoms with E-state index < -0.39 is 0 Å². The van der Waals surface area contributed by atoms with Crippen molar-refractivity contribution in [3.8, 4) is 0 Å². The van der Waals surface area contributed by atoms with Gasteiger partial charge in [0.2, 0.25) is 5.91 Å². The molecule has 2 atom stereocenters. The van der Waals surface area contributed by atoms with E-state index in [0.717, 1.165) is 37.7 Å². The van der Waals surface area contributed by atoms with Crippen LogP contribution in [-0.2, 0) is 4.79 Å². The van der Waals surface area contributed by atoms with Crippen LogP contribution in [0.1, 0.15) is 12.0 Å². The smallest absolute Gasteiger partial charge is 0.238 e. The molecule has 2 aliphatic heterocycles. The lowest BCUT2D eigenvalue weighted by atomic mass is 9.89. The Labute approximate surface area is 143 Å². The third-order valence-electron chi connectivity index (χ3n) is 4.55. The molecular formula is C16H23Cl2N3O. The van der Waals surface area contributed by atoms with Crippen molar-refractivity contribution in [1.82, 2.24) is 10.2 Å². The normalized spacial score (nSPS) is 24.5. The Morgan fingerprint density at radius 1 is 1.41 bits per heavy atom. The molecule has 22 heavy (non-hydrogen) atoms. The van der Waals surface area contributed by atoms with Crippen LogP contribution in [0.2, 0.25) is 5.02 Å². The molecule has 2 fully saturated rings. The summed E-state index contributed by atoms with van der Waals surface area (Å²) in [6, 6.07) is 5.69. The van der Waals surface area contributed by atoms with Crippen molar-refractivity contribution < 1.29 is 4.79 Å². The first-order valence-electron chi connectivity index (χ1n) is 7.61. The highest BCUT2D eigenvalue weighted by Gasteiger charge is 2.33. The van der Waals surface area contributed by atoms with Crippen molar-refractivity contribution >= 4 is 35.6 Å². The summed E-state index contributed by atoms with van der Waals surface area (Å²) >= 11 is 6.15. The molecule has 1 aromatic carbocycles. The number of benzene rings is 1. The first kappa shape index (κ1) is 17.5. The zero-order valence-corrected chi connectivity index (χ0v) is 14.3. The lowest BCUT2D eigenvalue weighted by Gasteiger charge is -2.33. The molecule has 2 saturated heterocycles. The van der Waals surface area contributed by atoms with Gasteiger partial charge >= 0.3 is 0 Å². The fraction of sp³-hybridized carbons (Fsp3) is 0.562. The summed E-state index contributed by atoms with van der Waals surface area (Å²) in [6.45, 7) is 6.70. The zero-order valence-electron chi connectivity index (χ0n) is 12.8. The molecule has 0 radical (unpaired) electrons. The van der Waals surface area contributed by atoms with Gasteiger partial charge in [-0.05, 0) is 62.5 Å². The standard InChI is InChI=1S/C16H22ClN3O.ClH/c1-11-2-3-15(14(17)6-11)19-16(21)10-20-5-4-12-7-18-8-13(12)9-20;/h2-3,6,12-13,18H,4-5,7-10H2,1H3,(H,19,21);1H. The molecular weight excluding hydrogens is 321 g/mol. The van der Waals surface area contributed by atoms with E-state index >= 15 is 0 Å². The minimum Gasteiger partial charge on any atom is -0.324 e. The van der Waals surface area contributed by atoms with Crippen LogP contribution in [0.4, 0.5) is 5.69 Å². The number of nitrogens with one attached hydrogen (secondary N) is 2. The summed E-state index contributed by atoms with van der Waals surface area (Å²) < 4.78 is 0. The number of anilines is 1. The van der Waals surface area contributed by atoms with Gasteiger partial charge in [0, 0.05) is 6.54 Å². The molecule has 1 aromatic rings. The maximum absolute atomic E-state index is 12.2. The maximum atomic E-state index is 12.2. The minimum absolute atomic E-state index is 0. The van der Waals surface area contributed by atoms with Crippen LogP contribution in [0.15, 0.2) is 18.2 Å². The summed E-state index contributed by atoms with van der Waals surface area (Å²) in [6.07, 6.45) is 1.19. The number of hydrogen-bond donors (Lipinski definition) is 2. The zero-order chi connectivity index (χ0) is 14.8. The van der Waals surface area contributed by atoms with Crippen LogP contribution in [0, 0.1) is 18.8 Å². The summed E-state index contributed by atoms with van der Waals surface area (Å²) in [5, 5.41) is 6.96. The number of carbonyl (C=O) groups excluding carboxylic acids is 1. The van der Waals surface area contributed by atoms with Crippen molar-refractivity contribution in [2.45, 2.75) is 13.3 Å². The Morgan fingerprint density at radius 3 is 2.95 bits per heavy atom. The quantitative estimate of drug-likeness (QED) is 0.886. The van der Waals surface area contributed by atoms with Crippen molar-refractivity contribution in [2.75, 3.05) is 38.0 Å². The molecule has 0 bridgehead atoms. The van der Waals surface area contributed by atoms with Gasteiger partial charge in [-0.1, -0.05) is 17.7 Å². The van der Waals surface area contributed by atoms with Gasteiger partial charge in [-0.2, -0.15) is 0 Å². The molecule has 0 aliphatic carbocycles. The van der Waals surface area contributed by atoms with Crippen LogP contribution in [-0.4, -0.2) is 43.5 Å². The van der Waals surface area contributed by atoms with Crippen molar-refractivity contribution in [1.29, 1.82) is 0 Å². The summed E-state index contributed by atoms with van der Waals surface area (Å²) in [5.41, 5.74) is 1.79. The first-order chi connectivity index (χ1) is 10.1. The van der Waals surface area contributed by atoms with Crippen LogP contribution in [0.25, 0.3) is 0 Å². The van der Waals surface area contributed by atoms with Crippen molar-refractivity contribution in [3.63, 3.8) is 0 Å². The molecule has 0 saturated carbocycles. The highest BCUT2D eigenvalue weighted by atomic mass is 35.5. The Morgan fingerprint density at radius 2 is 2.18 bits per heavy atom. The van der Waals surface area contributed by atoms with Gasteiger partial charge in [0.25, 0.3) is 0 Å². The molecule has 4 nitrogen and oxygen atoms in total. The van der Waals surface area contributed by atoms with Crippen LogP contribution < -0.4 is 10.6 Å². The molecule has 6 heteroatoms. The van der Waals surface area contributed by atoms with Crippen LogP contribution >= 0.6 is 24.0 Å². The second-order valence-corrected chi connectivity index (χ2v) is 6.64. The molecule has 122 valence electrons. The van der Waals surface area contributed by atoms with Gasteiger partial charge in [-0.15, -0.1) is 12.4 Å². The maximum Gasteiger partial charge on any atom is 0.238 e. The summed E-state index contributed by atoms with van der Waals surface area (Å²) in [4.78, 5) is 14.4. The van der Waals surface area contributed by atoms with E-state index in [0.29, 0.717) is 23.2 Å². The number of likely N-dealkylation sites (tertiary alicyclic amines) is 1. The third kappa shape index (κ3) is 4.13. The lowest BCUT2D eigenvalue weighted by Crippen LogP contribution is -2.43. The number of piperidine rings is 1. The van der Waals surface area contributed by atoms with Gasteiger partial charge in [0.1, 0.15) is 0 Å². The van der Waals surface area contributed by atoms with E-state index in [1.54, 1.807) is 0 Å². The van der Waals surface area contributed by atoms with E-state index in [4.69, 9.17) is 11.6 Å². The molecule has 2 unspecified atom stereocenters. The highest BCUT2D eigenvalue weighted by molar-refractivity contribution is 6.33. The van der Waals surface area contributed by atoms with Crippen LogP contribution in [0.5, 0.6) is 0 Å². The van der Waals surface area contributed by atoms with E-state index in [-0.39, 0.29) is 18.3 Å². The van der Waals surface area contributed by atoms with Gasteiger partial charge in [0.15, 0.2) is 0 Å². The SMILES string of the molecule is Cc1ccc(NC(=O)CN2CCC3CNCC3C2)c(Cl)c1.Cl. The Hall–Kier alpha value is -0.810.